The molecule has 0 aliphatic heterocycles. The number of hydrogen-bond donors (Lipinski definition) is 3. The molecule has 30 heavy (non-hydrogen) atoms. The third kappa shape index (κ3) is 4.25. The SMILES string of the molecule is Cc1cc(-n2c(SCC(=O)NC3CCCCC3)nc3n[nH]c(C)c3c2=N)ccc1Cl. The van der Waals surface area contributed by atoms with Gasteiger partial charge in [0.2, 0.25) is 5.91 Å². The van der Waals surface area contributed by atoms with Crippen LogP contribution in [0.25, 0.3) is 16.7 Å². The van der Waals surface area contributed by atoms with Crippen LogP contribution in [0.1, 0.15) is 43.4 Å². The number of hydrogen-bond acceptors (Lipinski definition) is 5. The van der Waals surface area contributed by atoms with E-state index in [0.29, 0.717) is 21.2 Å². The molecule has 3 N–H and O–H groups in total. The summed E-state index contributed by atoms with van der Waals surface area (Å²) in [5, 5.41) is 21.0. The van der Waals surface area contributed by atoms with Gasteiger partial charge in [0.15, 0.2) is 10.8 Å². The van der Waals surface area contributed by atoms with Crippen LogP contribution in [0, 0.1) is 19.3 Å². The van der Waals surface area contributed by atoms with Crippen molar-refractivity contribution >= 4 is 40.3 Å². The number of amides is 1. The molecule has 1 aromatic carbocycles. The maximum atomic E-state index is 12.5. The third-order valence-corrected chi connectivity index (χ3v) is 6.85. The Bertz CT molecular complexity index is 1150. The van der Waals surface area contributed by atoms with E-state index >= 15 is 0 Å². The van der Waals surface area contributed by atoms with E-state index in [4.69, 9.17) is 17.0 Å². The molecule has 0 atom stereocenters. The van der Waals surface area contributed by atoms with Crippen molar-refractivity contribution in [2.45, 2.75) is 57.1 Å². The quantitative estimate of drug-likeness (QED) is 0.408. The molecular weight excluding hydrogens is 420 g/mol. The van der Waals surface area contributed by atoms with E-state index in [2.05, 4.69) is 20.5 Å². The first-order valence-corrected chi connectivity index (χ1v) is 11.5. The lowest BCUT2D eigenvalue weighted by Crippen LogP contribution is -2.37. The summed E-state index contributed by atoms with van der Waals surface area (Å²) in [4.78, 5) is 17.2. The molecule has 9 heteroatoms. The summed E-state index contributed by atoms with van der Waals surface area (Å²) in [5.41, 5.74) is 3.24. The molecule has 4 rings (SSSR count). The second-order valence-corrected chi connectivity index (χ2v) is 9.10. The van der Waals surface area contributed by atoms with Gasteiger partial charge in [0.1, 0.15) is 5.49 Å². The summed E-state index contributed by atoms with van der Waals surface area (Å²) in [6.45, 7) is 3.80. The summed E-state index contributed by atoms with van der Waals surface area (Å²) >= 11 is 7.52. The Morgan fingerprint density at radius 2 is 2.10 bits per heavy atom. The van der Waals surface area contributed by atoms with Gasteiger partial charge in [0.25, 0.3) is 0 Å². The molecule has 1 saturated carbocycles. The van der Waals surface area contributed by atoms with E-state index in [1.54, 1.807) is 4.57 Å². The number of rotatable bonds is 5. The van der Waals surface area contributed by atoms with E-state index in [-0.39, 0.29) is 23.2 Å². The second-order valence-electron chi connectivity index (χ2n) is 7.75. The van der Waals surface area contributed by atoms with Crippen LogP contribution in [-0.4, -0.2) is 37.5 Å². The number of aromatic nitrogens is 4. The van der Waals surface area contributed by atoms with Crippen molar-refractivity contribution in [3.05, 3.63) is 40.0 Å². The van der Waals surface area contributed by atoms with Crippen LogP contribution in [0.2, 0.25) is 5.02 Å². The number of aryl methyl sites for hydroxylation is 2. The molecule has 0 unspecified atom stereocenters. The standard InChI is InChI=1S/C21H25ClN6OS/c1-12-10-15(8-9-16(12)22)28-19(23)18-13(2)26-27-20(18)25-21(28)30-11-17(29)24-14-6-4-3-5-7-14/h8-10,14,23H,3-7,11H2,1-2H3,(H,24,29)(H,26,27). The van der Waals surface area contributed by atoms with Gasteiger partial charge in [0, 0.05) is 22.4 Å². The molecule has 1 fully saturated rings. The van der Waals surface area contributed by atoms with Gasteiger partial charge in [-0.1, -0.05) is 42.6 Å². The van der Waals surface area contributed by atoms with E-state index in [1.165, 1.54) is 31.0 Å². The molecule has 0 radical (unpaired) electrons. The van der Waals surface area contributed by atoms with Gasteiger partial charge in [-0.3, -0.25) is 19.9 Å². The molecule has 7 nitrogen and oxygen atoms in total. The minimum atomic E-state index is -0.00243. The highest BCUT2D eigenvalue weighted by atomic mass is 35.5. The van der Waals surface area contributed by atoms with Gasteiger partial charge in [-0.2, -0.15) is 5.10 Å². The normalized spacial score (nSPS) is 14.9. The lowest BCUT2D eigenvalue weighted by molar-refractivity contribution is -0.119. The second kappa shape index (κ2) is 8.81. The summed E-state index contributed by atoms with van der Waals surface area (Å²) in [7, 11) is 0. The van der Waals surface area contributed by atoms with Crippen molar-refractivity contribution in [3.8, 4) is 5.69 Å². The fraction of sp³-hybridized carbons (Fsp3) is 0.429. The van der Waals surface area contributed by atoms with Crippen LogP contribution >= 0.6 is 23.4 Å². The Kier molecular flexibility index (Phi) is 6.15. The number of carbonyl (C=O) groups excluding carboxylic acids is 1. The van der Waals surface area contributed by atoms with Crippen LogP contribution < -0.4 is 10.8 Å². The number of carbonyl (C=O) groups is 1. The van der Waals surface area contributed by atoms with Gasteiger partial charge in [-0.05, 0) is 50.5 Å². The number of nitrogens with zero attached hydrogens (tertiary/aromatic N) is 3. The molecule has 2 aromatic heterocycles. The minimum Gasteiger partial charge on any atom is -0.353 e. The van der Waals surface area contributed by atoms with Crippen LogP contribution in [-0.2, 0) is 4.79 Å². The van der Waals surface area contributed by atoms with Crippen molar-refractivity contribution in [2.24, 2.45) is 0 Å². The first kappa shape index (κ1) is 20.9. The topological polar surface area (TPSA) is 99.4 Å². The van der Waals surface area contributed by atoms with Crippen molar-refractivity contribution in [2.75, 3.05) is 5.75 Å². The van der Waals surface area contributed by atoms with Gasteiger partial charge >= 0.3 is 0 Å². The molecule has 0 bridgehead atoms. The average Bonchev–Trinajstić information content (AvgIpc) is 3.10. The summed E-state index contributed by atoms with van der Waals surface area (Å²) in [6, 6.07) is 5.88. The number of benzene rings is 1. The summed E-state index contributed by atoms with van der Waals surface area (Å²) < 4.78 is 1.76. The predicted octanol–water partition coefficient (Wildman–Crippen LogP) is 4.04. The monoisotopic (exact) mass is 444 g/mol. The van der Waals surface area contributed by atoms with Crippen LogP contribution in [0.5, 0.6) is 0 Å². The van der Waals surface area contributed by atoms with Gasteiger partial charge in [-0.15, -0.1) is 0 Å². The summed E-state index contributed by atoms with van der Waals surface area (Å²) in [6.07, 6.45) is 5.70. The Morgan fingerprint density at radius 1 is 1.33 bits per heavy atom. The van der Waals surface area contributed by atoms with E-state index < -0.39 is 0 Å². The summed E-state index contributed by atoms with van der Waals surface area (Å²) in [5.74, 6) is 0.238. The van der Waals surface area contributed by atoms with Crippen LogP contribution in [0.4, 0.5) is 0 Å². The lowest BCUT2D eigenvalue weighted by atomic mass is 9.95. The molecule has 3 aromatic rings. The van der Waals surface area contributed by atoms with Crippen LogP contribution in [0.3, 0.4) is 0 Å². The number of halogens is 1. The van der Waals surface area contributed by atoms with Gasteiger partial charge in [0.05, 0.1) is 11.1 Å². The number of nitrogens with one attached hydrogen (secondary N) is 3. The molecule has 1 amide bonds. The highest BCUT2D eigenvalue weighted by Crippen LogP contribution is 2.25. The number of aromatic amines is 1. The van der Waals surface area contributed by atoms with Crippen molar-refractivity contribution in [1.82, 2.24) is 25.1 Å². The number of H-pyrrole nitrogens is 1. The highest BCUT2D eigenvalue weighted by molar-refractivity contribution is 7.99. The first-order valence-electron chi connectivity index (χ1n) is 10.1. The minimum absolute atomic E-state index is 0.00243. The molecule has 2 heterocycles. The van der Waals surface area contributed by atoms with Crippen molar-refractivity contribution < 1.29 is 4.79 Å². The number of fused-ring (bicyclic) bond motifs is 1. The maximum Gasteiger partial charge on any atom is 0.230 e. The number of thioether (sulfide) groups is 1. The van der Waals surface area contributed by atoms with Crippen molar-refractivity contribution in [1.29, 1.82) is 5.41 Å². The average molecular weight is 445 g/mol. The molecular formula is C21H25ClN6OS. The van der Waals surface area contributed by atoms with E-state index in [9.17, 15) is 4.79 Å². The molecule has 0 saturated heterocycles. The fourth-order valence-corrected chi connectivity index (χ4v) is 4.82. The van der Waals surface area contributed by atoms with Crippen molar-refractivity contribution in [3.63, 3.8) is 0 Å². The Labute approximate surface area is 184 Å². The first-order chi connectivity index (χ1) is 14.4. The Morgan fingerprint density at radius 3 is 2.83 bits per heavy atom. The molecule has 0 spiro atoms. The zero-order valence-electron chi connectivity index (χ0n) is 17.1. The van der Waals surface area contributed by atoms with E-state index in [1.807, 2.05) is 32.0 Å². The Hall–Kier alpha value is -2.32. The molecule has 1 aliphatic carbocycles. The third-order valence-electron chi connectivity index (χ3n) is 5.48. The van der Waals surface area contributed by atoms with E-state index in [0.717, 1.165) is 29.8 Å². The van der Waals surface area contributed by atoms with Gasteiger partial charge < -0.3 is 5.32 Å². The molecule has 1 aliphatic rings. The van der Waals surface area contributed by atoms with Gasteiger partial charge in [-0.25, -0.2) is 4.98 Å². The maximum absolute atomic E-state index is 12.5. The smallest absolute Gasteiger partial charge is 0.230 e. The highest BCUT2D eigenvalue weighted by Gasteiger charge is 2.19. The fourth-order valence-electron chi connectivity index (χ4n) is 3.88. The Balaban J connectivity index is 1.66. The van der Waals surface area contributed by atoms with Crippen LogP contribution in [0.15, 0.2) is 23.4 Å². The lowest BCUT2D eigenvalue weighted by Gasteiger charge is -2.22. The predicted molar refractivity (Wildman–Crippen MR) is 119 cm³/mol. The largest absolute Gasteiger partial charge is 0.353 e. The zero-order chi connectivity index (χ0) is 21.3. The molecule has 158 valence electrons. The zero-order valence-corrected chi connectivity index (χ0v) is 18.7.